The lowest BCUT2D eigenvalue weighted by Crippen LogP contribution is -2.50. The molecule has 0 bridgehead atoms. The molecule has 0 aromatic heterocycles. The van der Waals surface area contributed by atoms with Gasteiger partial charge in [0.15, 0.2) is 13.1 Å². The van der Waals surface area contributed by atoms with Crippen LogP contribution in [-0.4, -0.2) is 121 Å². The van der Waals surface area contributed by atoms with Gasteiger partial charge in [-0.3, -0.25) is 23.9 Å². The van der Waals surface area contributed by atoms with E-state index >= 15 is 0 Å². The van der Waals surface area contributed by atoms with Gasteiger partial charge in [-0.15, -0.1) is 0 Å². The number of aliphatic carboxylic acids is 2. The highest BCUT2D eigenvalue weighted by molar-refractivity contribution is 7.85. The van der Waals surface area contributed by atoms with E-state index < -0.39 is 27.5 Å². The zero-order valence-electron chi connectivity index (χ0n) is 44.6. The van der Waals surface area contributed by atoms with Crippen molar-refractivity contribution in [1.29, 1.82) is 0 Å². The van der Waals surface area contributed by atoms with Gasteiger partial charge >= 0.3 is 11.9 Å². The first-order valence-corrected chi connectivity index (χ1v) is 28.7. The summed E-state index contributed by atoms with van der Waals surface area (Å²) in [4.78, 5) is 32.8. The Kier molecular flexibility index (Phi) is 15.8. The SMILES string of the molecule is Cc1ccc2c3c(ccc2c1)N(CCCCCC(=O)O)C(=CC=C1CN(C)C/C(=C\C=C2\N(CCCCCC(=O)O)c4ccc5cc(S(=O)(=O)O)ccc5c4C2(C)C)C1=[N+]1CCN(C2CCCCC2)CC1)C3(C)C. The Morgan fingerprint density at radius 3 is 1.66 bits per heavy atom. The normalized spacial score (nSPS) is 21.8. The molecular formula is C61H78N5O7S+. The van der Waals surface area contributed by atoms with Gasteiger partial charge in [0.05, 0.1) is 18.0 Å². The van der Waals surface area contributed by atoms with Crippen LogP contribution in [0.4, 0.5) is 11.4 Å². The summed E-state index contributed by atoms with van der Waals surface area (Å²) in [7, 11) is -2.19. The lowest BCUT2D eigenvalue weighted by molar-refractivity contribution is -0.540. The number of unbranched alkanes of at least 4 members (excludes halogenated alkanes) is 4. The van der Waals surface area contributed by atoms with E-state index in [0.29, 0.717) is 25.4 Å². The first kappa shape index (κ1) is 53.2. The molecule has 3 N–H and O–H groups in total. The van der Waals surface area contributed by atoms with Crippen molar-refractivity contribution in [3.05, 3.63) is 124 Å². The van der Waals surface area contributed by atoms with Crippen LogP contribution in [0.1, 0.15) is 128 Å². The van der Waals surface area contributed by atoms with Crippen LogP contribution in [0.2, 0.25) is 0 Å². The molecule has 12 nitrogen and oxygen atoms in total. The Bertz CT molecular complexity index is 3090. The van der Waals surface area contributed by atoms with E-state index in [0.717, 1.165) is 99.2 Å². The first-order valence-electron chi connectivity index (χ1n) is 27.3. The Morgan fingerprint density at radius 2 is 1.16 bits per heavy atom. The van der Waals surface area contributed by atoms with E-state index in [1.807, 2.05) is 12.1 Å². The number of hydrogen-bond acceptors (Lipinski definition) is 8. The van der Waals surface area contributed by atoms with E-state index in [9.17, 15) is 32.8 Å². The maximum absolute atomic E-state index is 12.3. The zero-order chi connectivity index (χ0) is 52.5. The second-order valence-electron chi connectivity index (χ2n) is 22.8. The zero-order valence-corrected chi connectivity index (χ0v) is 45.4. The highest BCUT2D eigenvalue weighted by Crippen LogP contribution is 2.53. The molecule has 1 aliphatic carbocycles. The number of carboxylic acid groups (broad SMARTS) is 2. The van der Waals surface area contributed by atoms with Crippen LogP contribution in [0.5, 0.6) is 0 Å². The minimum Gasteiger partial charge on any atom is -0.481 e. The fourth-order valence-electron chi connectivity index (χ4n) is 13.2. The number of likely N-dealkylation sites (N-methyl/N-ethyl adjacent to an activating group) is 1. The summed E-state index contributed by atoms with van der Waals surface area (Å²) in [5.74, 6) is -1.53. The monoisotopic (exact) mass is 1020 g/mol. The Labute approximate surface area is 439 Å². The standard InChI is InChI=1S/C61H77N5O7S/c1-42-20-26-49-43(38-42)21-28-51-57(49)60(2,3)53(65(51)32-14-8-12-18-55(67)68)30-23-45-40-62(6)41-46(59(45)64-36-34-63(35-37-64)47-16-10-7-11-17-47)24-31-54-61(4,5)58-50-27-25-48(74(71,72)73)39-44(50)22-29-52(58)66(54)33-15-9-13-19-56(69)70/h20-31,38-39,47H,7-19,32-37,40-41H2,1-6H3,(H2-,67,68,69,70,71,72,73)/p+1. The van der Waals surface area contributed by atoms with Gasteiger partial charge in [0.2, 0.25) is 5.71 Å². The molecule has 4 aromatic rings. The second kappa shape index (κ2) is 21.9. The van der Waals surface area contributed by atoms with Crippen LogP contribution < -0.4 is 9.80 Å². The van der Waals surface area contributed by atoms with Gasteiger partial charge in [0.25, 0.3) is 10.1 Å². The number of fused-ring (bicyclic) bond motifs is 6. The minimum absolute atomic E-state index is 0.134. The quantitative estimate of drug-likeness (QED) is 0.0560. The Morgan fingerprint density at radius 1 is 0.662 bits per heavy atom. The molecule has 4 heterocycles. The summed E-state index contributed by atoms with van der Waals surface area (Å²) in [5.41, 5.74) is 11.3. The molecule has 0 radical (unpaired) electrons. The third-order valence-electron chi connectivity index (χ3n) is 16.8. The Balaban J connectivity index is 1.15. The molecule has 4 aromatic carbocycles. The number of carboxylic acids is 2. The lowest BCUT2D eigenvalue weighted by Gasteiger charge is -2.36. The number of aryl methyl sites for hydroxylation is 1. The molecule has 0 atom stereocenters. The van der Waals surface area contributed by atoms with Crippen LogP contribution >= 0.6 is 0 Å². The van der Waals surface area contributed by atoms with E-state index in [4.69, 9.17) is 0 Å². The van der Waals surface area contributed by atoms with Crippen LogP contribution in [0, 0.1) is 6.92 Å². The number of anilines is 2. The molecule has 13 heteroatoms. The van der Waals surface area contributed by atoms with Crippen molar-refractivity contribution >= 4 is 60.7 Å². The summed E-state index contributed by atoms with van der Waals surface area (Å²) >= 11 is 0. The fourth-order valence-corrected chi connectivity index (χ4v) is 13.7. The van der Waals surface area contributed by atoms with Crippen LogP contribution in [0.3, 0.4) is 0 Å². The third-order valence-corrected chi connectivity index (χ3v) is 17.6. The predicted molar refractivity (Wildman–Crippen MR) is 299 cm³/mol. The fraction of sp³-hybridized carbons (Fsp3) is 0.492. The lowest BCUT2D eigenvalue weighted by atomic mass is 9.80. The number of hydrogen-bond donors (Lipinski definition) is 3. The van der Waals surface area contributed by atoms with Gasteiger partial charge in [0, 0.05) is 89.8 Å². The van der Waals surface area contributed by atoms with Gasteiger partial charge in [0.1, 0.15) is 0 Å². The van der Waals surface area contributed by atoms with Gasteiger partial charge < -0.3 is 20.0 Å². The number of nitrogens with zero attached hydrogens (tertiary/aromatic N) is 5. The number of rotatable bonds is 16. The molecule has 3 fully saturated rings. The van der Waals surface area contributed by atoms with E-state index in [-0.39, 0.29) is 23.2 Å². The van der Waals surface area contributed by atoms with E-state index in [1.165, 1.54) is 88.3 Å². The van der Waals surface area contributed by atoms with Crippen molar-refractivity contribution in [2.45, 2.75) is 140 Å². The molecule has 9 rings (SSSR count). The predicted octanol–water partition coefficient (Wildman–Crippen LogP) is 11.4. The molecule has 0 unspecified atom stereocenters. The summed E-state index contributed by atoms with van der Waals surface area (Å²) in [6.07, 6.45) is 20.9. The summed E-state index contributed by atoms with van der Waals surface area (Å²) in [5, 5.41) is 23.0. The number of benzene rings is 4. The number of allylic oxidation sites excluding steroid dienone is 6. The topological polar surface area (TPSA) is 145 Å². The van der Waals surface area contributed by atoms with E-state index in [2.05, 4.69) is 127 Å². The molecule has 1 saturated carbocycles. The second-order valence-corrected chi connectivity index (χ2v) is 24.2. The molecular weight excluding hydrogens is 947 g/mol. The van der Waals surface area contributed by atoms with Crippen LogP contribution in [-0.2, 0) is 30.5 Å². The van der Waals surface area contributed by atoms with Crippen molar-refractivity contribution in [2.24, 2.45) is 0 Å². The molecule has 394 valence electrons. The van der Waals surface area contributed by atoms with Gasteiger partial charge in [-0.1, -0.05) is 102 Å². The minimum atomic E-state index is -4.40. The largest absolute Gasteiger partial charge is 0.481 e. The van der Waals surface area contributed by atoms with Gasteiger partial charge in [-0.05, 0) is 134 Å². The van der Waals surface area contributed by atoms with Crippen molar-refractivity contribution in [2.75, 3.05) is 69.2 Å². The average molecular weight is 1030 g/mol. The maximum atomic E-state index is 12.3. The number of piperidine rings is 1. The first-order chi connectivity index (χ1) is 35.3. The maximum Gasteiger partial charge on any atom is 0.303 e. The van der Waals surface area contributed by atoms with Crippen molar-refractivity contribution < 1.29 is 37.3 Å². The van der Waals surface area contributed by atoms with Gasteiger partial charge in [-0.2, -0.15) is 8.42 Å². The number of carbonyl (C=O) groups is 2. The third kappa shape index (κ3) is 11.0. The van der Waals surface area contributed by atoms with Crippen molar-refractivity contribution in [3.63, 3.8) is 0 Å². The highest BCUT2D eigenvalue weighted by Gasteiger charge is 2.43. The molecule has 5 aliphatic rings. The molecule has 74 heavy (non-hydrogen) atoms. The summed E-state index contributed by atoms with van der Waals surface area (Å²) in [6, 6.07) is 20.8. The van der Waals surface area contributed by atoms with E-state index in [1.54, 1.807) is 6.07 Å². The molecule has 2 saturated heterocycles. The van der Waals surface area contributed by atoms with Crippen molar-refractivity contribution in [1.82, 2.24) is 9.80 Å². The number of likely N-dealkylation sites (tertiary alicyclic amines) is 1. The molecule has 0 amide bonds. The summed E-state index contributed by atoms with van der Waals surface area (Å²) < 4.78 is 37.1. The molecule has 0 spiro atoms. The highest BCUT2D eigenvalue weighted by atomic mass is 32.2. The Hall–Kier alpha value is -5.60. The van der Waals surface area contributed by atoms with Crippen LogP contribution in [0.25, 0.3) is 21.5 Å². The van der Waals surface area contributed by atoms with Gasteiger partial charge in [-0.25, -0.2) is 4.58 Å². The summed E-state index contributed by atoms with van der Waals surface area (Å²) in [6.45, 7) is 18.3. The number of piperazine rings is 1. The van der Waals surface area contributed by atoms with Crippen molar-refractivity contribution in [3.8, 4) is 0 Å². The smallest absolute Gasteiger partial charge is 0.303 e. The van der Waals surface area contributed by atoms with Crippen LogP contribution in [0.15, 0.2) is 112 Å². The molecule has 4 aliphatic heterocycles. The average Bonchev–Trinajstić information content (AvgIpc) is 3.72.